The van der Waals surface area contributed by atoms with Crippen LogP contribution in [0, 0.1) is 5.92 Å². The highest BCUT2D eigenvalue weighted by Crippen LogP contribution is 2.31. The summed E-state index contributed by atoms with van der Waals surface area (Å²) in [6.45, 7) is 4.44. The average Bonchev–Trinajstić information content (AvgIpc) is 2.82. The molecule has 1 heterocycles. The van der Waals surface area contributed by atoms with Crippen molar-refractivity contribution in [1.29, 1.82) is 0 Å². The van der Waals surface area contributed by atoms with Gasteiger partial charge in [0.05, 0.1) is 0 Å². The van der Waals surface area contributed by atoms with Crippen LogP contribution in [0.1, 0.15) is 30.9 Å². The molecule has 2 aliphatic rings. The second-order valence-corrected chi connectivity index (χ2v) is 6.06. The number of likely N-dealkylation sites (tertiary alicyclic amines) is 1. The maximum atomic E-state index is 5.87. The molecular weight excluding hydrogens is 220 g/mol. The van der Waals surface area contributed by atoms with Crippen LogP contribution in [0.25, 0.3) is 0 Å². The van der Waals surface area contributed by atoms with E-state index in [4.69, 9.17) is 5.73 Å². The van der Waals surface area contributed by atoms with Gasteiger partial charge in [0.2, 0.25) is 0 Å². The lowest BCUT2D eigenvalue weighted by Gasteiger charge is -2.41. The SMILES string of the molecule is CC1CCC(CN)CN1C1Cc2ccccc2C1. The molecule has 0 spiro atoms. The largest absolute Gasteiger partial charge is 0.330 e. The monoisotopic (exact) mass is 244 g/mol. The number of fused-ring (bicyclic) bond motifs is 1. The zero-order chi connectivity index (χ0) is 12.5. The molecular formula is C16H24N2. The second-order valence-electron chi connectivity index (χ2n) is 6.06. The van der Waals surface area contributed by atoms with Crippen LogP contribution in [0.2, 0.25) is 0 Å². The van der Waals surface area contributed by atoms with Crippen molar-refractivity contribution >= 4 is 0 Å². The van der Waals surface area contributed by atoms with E-state index in [1.807, 2.05) is 0 Å². The van der Waals surface area contributed by atoms with Crippen molar-refractivity contribution in [2.24, 2.45) is 11.7 Å². The molecule has 1 aromatic carbocycles. The highest BCUT2D eigenvalue weighted by molar-refractivity contribution is 5.33. The van der Waals surface area contributed by atoms with E-state index in [1.54, 1.807) is 11.1 Å². The first-order valence-electron chi connectivity index (χ1n) is 7.30. The van der Waals surface area contributed by atoms with Crippen molar-refractivity contribution < 1.29 is 0 Å². The number of nitrogens with zero attached hydrogens (tertiary/aromatic N) is 1. The van der Waals surface area contributed by atoms with Gasteiger partial charge in [0.15, 0.2) is 0 Å². The first kappa shape index (κ1) is 12.2. The van der Waals surface area contributed by atoms with Crippen molar-refractivity contribution in [2.75, 3.05) is 13.1 Å². The first-order chi connectivity index (χ1) is 8.78. The van der Waals surface area contributed by atoms with Crippen LogP contribution >= 0.6 is 0 Å². The fraction of sp³-hybridized carbons (Fsp3) is 0.625. The Morgan fingerprint density at radius 2 is 1.83 bits per heavy atom. The number of rotatable bonds is 2. The van der Waals surface area contributed by atoms with Gasteiger partial charge in [-0.3, -0.25) is 4.90 Å². The third kappa shape index (κ3) is 2.19. The lowest BCUT2D eigenvalue weighted by atomic mass is 9.91. The molecule has 1 aliphatic heterocycles. The van der Waals surface area contributed by atoms with Crippen molar-refractivity contribution in [3.05, 3.63) is 35.4 Å². The summed E-state index contributed by atoms with van der Waals surface area (Å²) in [5.41, 5.74) is 8.99. The molecule has 2 N–H and O–H groups in total. The molecule has 0 aromatic heterocycles. The third-order valence-electron chi connectivity index (χ3n) is 4.86. The Labute approximate surface area is 110 Å². The van der Waals surface area contributed by atoms with Crippen molar-refractivity contribution in [3.8, 4) is 0 Å². The molecule has 1 aliphatic carbocycles. The molecule has 0 saturated carbocycles. The van der Waals surface area contributed by atoms with Crippen molar-refractivity contribution in [3.63, 3.8) is 0 Å². The Kier molecular flexibility index (Phi) is 3.40. The number of hydrogen-bond acceptors (Lipinski definition) is 2. The molecule has 1 fully saturated rings. The molecule has 2 heteroatoms. The molecule has 2 nitrogen and oxygen atoms in total. The average molecular weight is 244 g/mol. The summed E-state index contributed by atoms with van der Waals surface area (Å²) in [5, 5.41) is 0. The molecule has 0 amide bonds. The fourth-order valence-electron chi connectivity index (χ4n) is 3.68. The molecule has 18 heavy (non-hydrogen) atoms. The summed E-state index contributed by atoms with van der Waals surface area (Å²) >= 11 is 0. The fourth-order valence-corrected chi connectivity index (χ4v) is 3.68. The maximum Gasteiger partial charge on any atom is 0.0179 e. The molecule has 98 valence electrons. The van der Waals surface area contributed by atoms with Crippen molar-refractivity contribution in [1.82, 2.24) is 4.90 Å². The van der Waals surface area contributed by atoms with Crippen LogP contribution in [0.4, 0.5) is 0 Å². The van der Waals surface area contributed by atoms with Crippen LogP contribution < -0.4 is 5.73 Å². The van der Waals surface area contributed by atoms with E-state index >= 15 is 0 Å². The summed E-state index contributed by atoms with van der Waals surface area (Å²) in [6, 6.07) is 10.4. The Hall–Kier alpha value is -0.860. The maximum absolute atomic E-state index is 5.87. The molecule has 0 bridgehead atoms. The number of benzene rings is 1. The van der Waals surface area contributed by atoms with E-state index in [9.17, 15) is 0 Å². The minimum Gasteiger partial charge on any atom is -0.330 e. The van der Waals surface area contributed by atoms with Gasteiger partial charge in [0, 0.05) is 18.6 Å². The van der Waals surface area contributed by atoms with Gasteiger partial charge in [0.1, 0.15) is 0 Å². The summed E-state index contributed by atoms with van der Waals surface area (Å²) < 4.78 is 0. The highest BCUT2D eigenvalue weighted by Gasteiger charge is 2.33. The highest BCUT2D eigenvalue weighted by atomic mass is 15.2. The van der Waals surface area contributed by atoms with Gasteiger partial charge in [-0.2, -0.15) is 0 Å². The zero-order valence-electron chi connectivity index (χ0n) is 11.3. The van der Waals surface area contributed by atoms with E-state index in [1.165, 1.54) is 32.2 Å². The molecule has 1 saturated heterocycles. The minimum absolute atomic E-state index is 0.713. The van der Waals surface area contributed by atoms with Gasteiger partial charge in [-0.1, -0.05) is 24.3 Å². The molecule has 3 rings (SSSR count). The topological polar surface area (TPSA) is 29.3 Å². The van der Waals surface area contributed by atoms with Gasteiger partial charge >= 0.3 is 0 Å². The second kappa shape index (κ2) is 5.02. The number of piperidine rings is 1. The van der Waals surface area contributed by atoms with Crippen LogP contribution in [-0.2, 0) is 12.8 Å². The van der Waals surface area contributed by atoms with E-state index in [0.717, 1.165) is 12.6 Å². The molecule has 1 aromatic rings. The summed E-state index contributed by atoms with van der Waals surface area (Å²) in [7, 11) is 0. The van der Waals surface area contributed by atoms with E-state index in [2.05, 4.69) is 36.1 Å². The first-order valence-corrected chi connectivity index (χ1v) is 7.30. The smallest absolute Gasteiger partial charge is 0.0179 e. The van der Waals surface area contributed by atoms with Gasteiger partial charge in [-0.15, -0.1) is 0 Å². The van der Waals surface area contributed by atoms with Gasteiger partial charge in [-0.25, -0.2) is 0 Å². The molecule has 2 unspecified atom stereocenters. The van der Waals surface area contributed by atoms with Crippen LogP contribution in [0.5, 0.6) is 0 Å². The summed E-state index contributed by atoms with van der Waals surface area (Å²) in [5.74, 6) is 0.713. The Morgan fingerprint density at radius 1 is 1.17 bits per heavy atom. The quantitative estimate of drug-likeness (QED) is 0.864. The predicted molar refractivity (Wildman–Crippen MR) is 75.6 cm³/mol. The van der Waals surface area contributed by atoms with Gasteiger partial charge in [-0.05, 0) is 56.2 Å². The summed E-state index contributed by atoms with van der Waals surface area (Å²) in [4.78, 5) is 2.72. The van der Waals surface area contributed by atoms with Gasteiger partial charge in [0.25, 0.3) is 0 Å². The normalized spacial score (nSPS) is 29.4. The van der Waals surface area contributed by atoms with E-state index in [0.29, 0.717) is 12.0 Å². The minimum atomic E-state index is 0.713. The van der Waals surface area contributed by atoms with Crippen LogP contribution in [0.3, 0.4) is 0 Å². The summed E-state index contributed by atoms with van der Waals surface area (Å²) in [6.07, 6.45) is 5.10. The van der Waals surface area contributed by atoms with Crippen LogP contribution in [-0.4, -0.2) is 30.1 Å². The van der Waals surface area contributed by atoms with Crippen LogP contribution in [0.15, 0.2) is 24.3 Å². The Bertz CT molecular complexity index is 390. The predicted octanol–water partition coefficient (Wildman–Crippen LogP) is 2.21. The van der Waals surface area contributed by atoms with E-state index in [-0.39, 0.29) is 0 Å². The standard InChI is InChI=1S/C16H24N2/c1-12-6-7-13(10-17)11-18(12)16-8-14-4-2-3-5-15(14)9-16/h2-5,12-13,16H,6-11,17H2,1H3. The molecule has 0 radical (unpaired) electrons. The Balaban J connectivity index is 1.72. The Morgan fingerprint density at radius 3 is 2.44 bits per heavy atom. The van der Waals surface area contributed by atoms with E-state index < -0.39 is 0 Å². The van der Waals surface area contributed by atoms with Crippen molar-refractivity contribution in [2.45, 2.75) is 44.7 Å². The zero-order valence-corrected chi connectivity index (χ0v) is 11.3. The number of nitrogens with two attached hydrogens (primary N) is 1. The lowest BCUT2D eigenvalue weighted by Crippen LogP contribution is -2.49. The third-order valence-corrected chi connectivity index (χ3v) is 4.86. The molecule has 2 atom stereocenters. The number of hydrogen-bond donors (Lipinski definition) is 1. The van der Waals surface area contributed by atoms with Gasteiger partial charge < -0.3 is 5.73 Å². The lowest BCUT2D eigenvalue weighted by molar-refractivity contribution is 0.0778.